The van der Waals surface area contributed by atoms with Gasteiger partial charge in [0.1, 0.15) is 5.75 Å². The van der Waals surface area contributed by atoms with Crippen molar-refractivity contribution in [1.29, 1.82) is 0 Å². The summed E-state index contributed by atoms with van der Waals surface area (Å²) in [6, 6.07) is 9.23. The van der Waals surface area contributed by atoms with Crippen molar-refractivity contribution in [1.82, 2.24) is 9.73 Å². The molecule has 10 heteroatoms. The van der Waals surface area contributed by atoms with Crippen LogP contribution in [0.3, 0.4) is 0 Å². The fourth-order valence-corrected chi connectivity index (χ4v) is 4.82. The van der Waals surface area contributed by atoms with Crippen molar-refractivity contribution in [2.75, 3.05) is 34.4 Å². The van der Waals surface area contributed by atoms with Crippen LogP contribution in [-0.2, 0) is 10.0 Å². The van der Waals surface area contributed by atoms with Gasteiger partial charge in [-0.05, 0) is 37.1 Å². The van der Waals surface area contributed by atoms with Gasteiger partial charge in [0.15, 0.2) is 11.5 Å². The van der Waals surface area contributed by atoms with Gasteiger partial charge in [-0.25, -0.2) is 13.8 Å². The van der Waals surface area contributed by atoms with Crippen molar-refractivity contribution in [3.63, 3.8) is 0 Å². The lowest BCUT2D eigenvalue weighted by Gasteiger charge is -2.15. The Labute approximate surface area is 181 Å². The first-order valence-corrected chi connectivity index (χ1v) is 11.1. The third-order valence-electron chi connectivity index (χ3n) is 4.90. The van der Waals surface area contributed by atoms with Gasteiger partial charge in [0.2, 0.25) is 10.0 Å². The molecule has 1 amide bonds. The monoisotopic (exact) mass is 447 g/mol. The van der Waals surface area contributed by atoms with E-state index in [1.165, 1.54) is 50.0 Å². The van der Waals surface area contributed by atoms with E-state index in [0.717, 1.165) is 12.8 Å². The number of nitrogens with zero attached hydrogens (tertiary/aromatic N) is 2. The minimum atomic E-state index is -3.61. The lowest BCUT2D eigenvalue weighted by atomic mass is 10.2. The number of benzene rings is 2. The Hall–Kier alpha value is -3.11. The second-order valence-corrected chi connectivity index (χ2v) is 8.73. The number of carbonyl (C=O) groups excluding carboxylic acids is 1. The Balaban J connectivity index is 1.76. The van der Waals surface area contributed by atoms with E-state index in [2.05, 4.69) is 10.5 Å². The third-order valence-corrected chi connectivity index (χ3v) is 6.80. The summed E-state index contributed by atoms with van der Waals surface area (Å²) in [5.74, 6) is 0.927. The highest BCUT2D eigenvalue weighted by Gasteiger charge is 2.27. The molecule has 0 spiro atoms. The molecule has 9 nitrogen and oxygen atoms in total. The maximum absolute atomic E-state index is 12.7. The van der Waals surface area contributed by atoms with Crippen molar-refractivity contribution in [3.8, 4) is 17.2 Å². The summed E-state index contributed by atoms with van der Waals surface area (Å²) in [5.41, 5.74) is 3.16. The van der Waals surface area contributed by atoms with Crippen LogP contribution in [0.1, 0.15) is 28.8 Å². The molecule has 166 valence electrons. The average Bonchev–Trinajstić information content (AvgIpc) is 3.34. The predicted molar refractivity (Wildman–Crippen MR) is 116 cm³/mol. The minimum absolute atomic E-state index is 0.0904. The lowest BCUT2D eigenvalue weighted by Crippen LogP contribution is -2.28. The van der Waals surface area contributed by atoms with Gasteiger partial charge in [-0.3, -0.25) is 4.79 Å². The zero-order valence-electron chi connectivity index (χ0n) is 17.6. The number of carbonyl (C=O) groups is 1. The van der Waals surface area contributed by atoms with Crippen LogP contribution in [0.15, 0.2) is 46.4 Å². The van der Waals surface area contributed by atoms with Crippen molar-refractivity contribution >= 4 is 22.1 Å². The zero-order valence-corrected chi connectivity index (χ0v) is 18.4. The fourth-order valence-electron chi connectivity index (χ4n) is 3.25. The van der Waals surface area contributed by atoms with Crippen molar-refractivity contribution in [2.45, 2.75) is 17.7 Å². The maximum atomic E-state index is 12.7. The van der Waals surface area contributed by atoms with E-state index in [9.17, 15) is 13.2 Å². The van der Waals surface area contributed by atoms with Gasteiger partial charge in [0.25, 0.3) is 5.91 Å². The van der Waals surface area contributed by atoms with E-state index >= 15 is 0 Å². The number of sulfonamides is 1. The van der Waals surface area contributed by atoms with Crippen LogP contribution in [0.25, 0.3) is 0 Å². The Morgan fingerprint density at radius 2 is 1.65 bits per heavy atom. The summed E-state index contributed by atoms with van der Waals surface area (Å²) < 4.78 is 42.7. The van der Waals surface area contributed by atoms with E-state index in [1.807, 2.05) is 0 Å². The number of nitrogens with one attached hydrogen (secondary N) is 1. The third kappa shape index (κ3) is 4.97. The summed E-state index contributed by atoms with van der Waals surface area (Å²) in [7, 11) is 0.922. The molecule has 0 unspecified atom stereocenters. The summed E-state index contributed by atoms with van der Waals surface area (Å²) in [4.78, 5) is 12.6. The first-order valence-electron chi connectivity index (χ1n) is 9.64. The molecule has 1 aliphatic rings. The Morgan fingerprint density at radius 3 is 2.29 bits per heavy atom. The normalized spacial score (nSPS) is 14.5. The first kappa shape index (κ1) is 22.6. The number of methoxy groups -OCH3 is 3. The number of hydrazone groups is 1. The van der Waals surface area contributed by atoms with Crippen LogP contribution in [-0.4, -0.2) is 59.3 Å². The fraction of sp³-hybridized carbons (Fsp3) is 0.333. The van der Waals surface area contributed by atoms with Gasteiger partial charge < -0.3 is 14.2 Å². The lowest BCUT2D eigenvalue weighted by molar-refractivity contribution is 0.0955. The molecule has 1 saturated heterocycles. The average molecular weight is 448 g/mol. The number of hydrogen-bond donors (Lipinski definition) is 1. The number of hydrogen-bond acceptors (Lipinski definition) is 7. The SMILES string of the molecule is COc1cc(OC)c(OC)cc1/C=N\NC(=O)c1cccc(S(=O)(=O)N2CCCC2)c1. The smallest absolute Gasteiger partial charge is 0.271 e. The molecule has 2 aromatic carbocycles. The van der Waals surface area contributed by atoms with E-state index in [1.54, 1.807) is 18.2 Å². The molecule has 1 N–H and O–H groups in total. The zero-order chi connectivity index (χ0) is 22.4. The summed E-state index contributed by atoms with van der Waals surface area (Å²) in [5, 5.41) is 3.97. The first-order chi connectivity index (χ1) is 14.9. The predicted octanol–water partition coefficient (Wildman–Crippen LogP) is 2.26. The molecule has 1 heterocycles. The molecule has 0 aliphatic carbocycles. The van der Waals surface area contributed by atoms with Gasteiger partial charge in [0.05, 0.1) is 32.4 Å². The van der Waals surface area contributed by atoms with Gasteiger partial charge in [0, 0.05) is 30.3 Å². The second kappa shape index (κ2) is 9.80. The molecule has 3 rings (SSSR count). The Morgan fingerprint density at radius 1 is 1.00 bits per heavy atom. The highest BCUT2D eigenvalue weighted by atomic mass is 32.2. The van der Waals surface area contributed by atoms with Gasteiger partial charge in [-0.1, -0.05) is 6.07 Å². The van der Waals surface area contributed by atoms with Crippen LogP contribution in [0, 0.1) is 0 Å². The number of rotatable bonds is 8. The molecular formula is C21H25N3O6S. The van der Waals surface area contributed by atoms with Crippen molar-refractivity contribution in [3.05, 3.63) is 47.5 Å². The van der Waals surface area contributed by atoms with Crippen LogP contribution in [0.2, 0.25) is 0 Å². The molecule has 0 bridgehead atoms. The Bertz CT molecular complexity index is 1080. The summed E-state index contributed by atoms with van der Waals surface area (Å²) >= 11 is 0. The molecule has 0 atom stereocenters. The molecule has 0 saturated carbocycles. The van der Waals surface area contributed by atoms with Crippen LogP contribution in [0.5, 0.6) is 17.2 Å². The highest BCUT2D eigenvalue weighted by Crippen LogP contribution is 2.33. The van der Waals surface area contributed by atoms with Crippen LogP contribution >= 0.6 is 0 Å². The van der Waals surface area contributed by atoms with Crippen molar-refractivity contribution in [2.24, 2.45) is 5.10 Å². The van der Waals surface area contributed by atoms with Crippen molar-refractivity contribution < 1.29 is 27.4 Å². The largest absolute Gasteiger partial charge is 0.496 e. The van der Waals surface area contributed by atoms with Crippen LogP contribution in [0.4, 0.5) is 0 Å². The second-order valence-electron chi connectivity index (χ2n) is 6.79. The molecule has 2 aromatic rings. The number of amides is 1. The standard InChI is InChI=1S/C21H25N3O6S/c1-28-18-13-20(30-3)19(29-2)12-16(18)14-22-23-21(25)15-7-6-8-17(11-15)31(26,27)24-9-4-5-10-24/h6-8,11-14H,4-5,9-10H2,1-3H3,(H,23,25)/b22-14-. The maximum Gasteiger partial charge on any atom is 0.271 e. The van der Waals surface area contributed by atoms with E-state index in [4.69, 9.17) is 14.2 Å². The van der Waals surface area contributed by atoms with E-state index in [0.29, 0.717) is 35.9 Å². The number of ether oxygens (including phenoxy) is 3. The summed E-state index contributed by atoms with van der Waals surface area (Å²) in [6.45, 7) is 0.992. The molecule has 31 heavy (non-hydrogen) atoms. The van der Waals surface area contributed by atoms with Gasteiger partial charge in [-0.2, -0.15) is 9.41 Å². The van der Waals surface area contributed by atoms with E-state index < -0.39 is 15.9 Å². The molecule has 0 aromatic heterocycles. The minimum Gasteiger partial charge on any atom is -0.496 e. The van der Waals surface area contributed by atoms with Gasteiger partial charge >= 0.3 is 0 Å². The Kier molecular flexibility index (Phi) is 7.13. The summed E-state index contributed by atoms with van der Waals surface area (Å²) in [6.07, 6.45) is 3.09. The molecular weight excluding hydrogens is 422 g/mol. The molecule has 0 radical (unpaired) electrons. The highest BCUT2D eigenvalue weighted by molar-refractivity contribution is 7.89. The van der Waals surface area contributed by atoms with Gasteiger partial charge in [-0.15, -0.1) is 0 Å². The quantitative estimate of drug-likeness (QED) is 0.491. The topological polar surface area (TPSA) is 107 Å². The molecule has 1 fully saturated rings. The van der Waals surface area contributed by atoms with E-state index in [-0.39, 0.29) is 10.5 Å². The van der Waals surface area contributed by atoms with Crippen LogP contribution < -0.4 is 19.6 Å². The molecule has 1 aliphatic heterocycles.